The molecule has 0 bridgehead atoms. The van der Waals surface area contributed by atoms with Crippen LogP contribution in [0.1, 0.15) is 56.3 Å². The van der Waals surface area contributed by atoms with Crippen molar-refractivity contribution in [2.75, 3.05) is 13.1 Å². The Labute approximate surface area is 101 Å². The Hall–Kier alpha value is -1.10. The van der Waals surface area contributed by atoms with Crippen molar-refractivity contribution in [3.05, 3.63) is 16.3 Å². The topological polar surface area (TPSA) is 62.7 Å². The zero-order chi connectivity index (χ0) is 11.7. The zero-order valence-corrected chi connectivity index (χ0v) is 10.1. The summed E-state index contributed by atoms with van der Waals surface area (Å²) in [6, 6.07) is 0.395. The summed E-state index contributed by atoms with van der Waals surface area (Å²) in [6.07, 6.45) is 6.95. The fraction of sp³-hybridized carbons (Fsp3) is 0.833. The quantitative estimate of drug-likeness (QED) is 0.809. The maximum atomic E-state index is 11.9. The molecule has 0 unspecified atom stereocenters. The van der Waals surface area contributed by atoms with Crippen molar-refractivity contribution >= 4 is 0 Å². The van der Waals surface area contributed by atoms with Gasteiger partial charge in [-0.1, -0.05) is 12.8 Å². The third kappa shape index (κ3) is 2.04. The van der Waals surface area contributed by atoms with E-state index < -0.39 is 0 Å². The molecule has 0 amide bonds. The summed E-state index contributed by atoms with van der Waals surface area (Å²) in [5.74, 6) is 1.46. The highest BCUT2D eigenvalue weighted by Gasteiger charge is 2.27. The molecule has 2 fully saturated rings. The second-order valence-corrected chi connectivity index (χ2v) is 5.22. The van der Waals surface area contributed by atoms with Crippen molar-refractivity contribution in [3.63, 3.8) is 0 Å². The van der Waals surface area contributed by atoms with Gasteiger partial charge in [-0.25, -0.2) is 9.89 Å². The lowest BCUT2D eigenvalue weighted by molar-refractivity contribution is 0.403. The van der Waals surface area contributed by atoms with Crippen LogP contribution in [0.5, 0.6) is 0 Å². The van der Waals surface area contributed by atoms with Gasteiger partial charge in [0, 0.05) is 12.0 Å². The minimum atomic E-state index is -0.00886. The Morgan fingerprint density at radius 2 is 1.82 bits per heavy atom. The molecule has 1 aliphatic carbocycles. The van der Waals surface area contributed by atoms with Crippen LogP contribution in [0.4, 0.5) is 0 Å². The second-order valence-electron chi connectivity index (χ2n) is 5.22. The molecule has 0 spiro atoms. The van der Waals surface area contributed by atoms with Crippen molar-refractivity contribution in [2.45, 2.75) is 50.5 Å². The average Bonchev–Trinajstić information content (AvgIpc) is 2.99. The highest BCUT2D eigenvalue weighted by molar-refractivity contribution is 5.01. The fourth-order valence-electron chi connectivity index (χ4n) is 3.20. The van der Waals surface area contributed by atoms with Crippen LogP contribution in [0, 0.1) is 0 Å². The molecule has 2 heterocycles. The number of rotatable bonds is 2. The smallest absolute Gasteiger partial charge is 0.317 e. The van der Waals surface area contributed by atoms with Crippen LogP contribution in [-0.2, 0) is 0 Å². The van der Waals surface area contributed by atoms with Gasteiger partial charge in [0.1, 0.15) is 5.82 Å². The van der Waals surface area contributed by atoms with E-state index in [2.05, 4.69) is 15.5 Å². The fourth-order valence-corrected chi connectivity index (χ4v) is 3.20. The molecule has 5 nitrogen and oxygen atoms in total. The summed E-state index contributed by atoms with van der Waals surface area (Å²) in [4.78, 5) is 11.9. The van der Waals surface area contributed by atoms with Gasteiger partial charge in [0.2, 0.25) is 0 Å². The monoisotopic (exact) mass is 236 g/mol. The normalized spacial score (nSPS) is 23.3. The number of hydrogen-bond donors (Lipinski definition) is 2. The average molecular weight is 236 g/mol. The van der Waals surface area contributed by atoms with Crippen LogP contribution in [0.25, 0.3) is 0 Å². The largest absolute Gasteiger partial charge is 0.343 e. The van der Waals surface area contributed by atoms with E-state index in [-0.39, 0.29) is 5.69 Å². The van der Waals surface area contributed by atoms with Crippen LogP contribution in [0.2, 0.25) is 0 Å². The van der Waals surface area contributed by atoms with Gasteiger partial charge in [0.05, 0.1) is 0 Å². The molecule has 1 aromatic heterocycles. The van der Waals surface area contributed by atoms with Crippen LogP contribution in [0.15, 0.2) is 4.79 Å². The second kappa shape index (κ2) is 4.64. The third-order valence-electron chi connectivity index (χ3n) is 4.13. The number of aromatic nitrogens is 3. The van der Waals surface area contributed by atoms with Crippen LogP contribution >= 0.6 is 0 Å². The first kappa shape index (κ1) is 11.0. The van der Waals surface area contributed by atoms with Crippen LogP contribution in [0.3, 0.4) is 0 Å². The Morgan fingerprint density at radius 1 is 1.12 bits per heavy atom. The van der Waals surface area contributed by atoms with Crippen molar-refractivity contribution in [1.82, 2.24) is 20.1 Å². The van der Waals surface area contributed by atoms with Crippen LogP contribution < -0.4 is 11.0 Å². The SMILES string of the molecule is O=c1[nH]nc(C2CCNCC2)n1C1CCCC1. The molecule has 1 saturated heterocycles. The summed E-state index contributed by atoms with van der Waals surface area (Å²) in [5.41, 5.74) is -0.00886. The number of nitrogens with zero attached hydrogens (tertiary/aromatic N) is 2. The zero-order valence-electron chi connectivity index (χ0n) is 10.1. The van der Waals surface area contributed by atoms with Crippen molar-refractivity contribution in [2.24, 2.45) is 0 Å². The molecule has 17 heavy (non-hydrogen) atoms. The maximum absolute atomic E-state index is 11.9. The molecule has 0 atom stereocenters. The van der Waals surface area contributed by atoms with E-state index in [1.54, 1.807) is 0 Å². The van der Waals surface area contributed by atoms with Gasteiger partial charge in [-0.2, -0.15) is 5.10 Å². The summed E-state index contributed by atoms with van der Waals surface area (Å²) >= 11 is 0. The lowest BCUT2D eigenvalue weighted by Crippen LogP contribution is -2.30. The van der Waals surface area contributed by atoms with E-state index in [1.807, 2.05) is 4.57 Å². The van der Waals surface area contributed by atoms with Gasteiger partial charge in [-0.15, -0.1) is 0 Å². The maximum Gasteiger partial charge on any atom is 0.343 e. The molecular weight excluding hydrogens is 216 g/mol. The van der Waals surface area contributed by atoms with E-state index in [4.69, 9.17) is 0 Å². The Morgan fingerprint density at radius 3 is 2.53 bits per heavy atom. The van der Waals surface area contributed by atoms with Gasteiger partial charge in [-0.05, 0) is 38.8 Å². The molecule has 1 aliphatic heterocycles. The molecule has 0 aromatic carbocycles. The highest BCUT2D eigenvalue weighted by Crippen LogP contribution is 2.32. The summed E-state index contributed by atoms with van der Waals surface area (Å²) in [5, 5.41) is 10.3. The van der Waals surface area contributed by atoms with Crippen LogP contribution in [-0.4, -0.2) is 27.9 Å². The van der Waals surface area contributed by atoms with Gasteiger partial charge in [0.25, 0.3) is 0 Å². The minimum Gasteiger partial charge on any atom is -0.317 e. The first-order chi connectivity index (χ1) is 8.36. The molecule has 94 valence electrons. The van der Waals surface area contributed by atoms with Crippen molar-refractivity contribution < 1.29 is 0 Å². The van der Waals surface area contributed by atoms with Gasteiger partial charge < -0.3 is 5.32 Å². The molecule has 3 rings (SSSR count). The molecule has 0 radical (unpaired) electrons. The summed E-state index contributed by atoms with van der Waals surface area (Å²) in [7, 11) is 0. The molecule has 2 aliphatic rings. The Balaban J connectivity index is 1.90. The highest BCUT2D eigenvalue weighted by atomic mass is 16.1. The number of nitrogens with one attached hydrogen (secondary N) is 2. The third-order valence-corrected chi connectivity index (χ3v) is 4.13. The molecule has 2 N–H and O–H groups in total. The predicted molar refractivity (Wildman–Crippen MR) is 65.2 cm³/mol. The number of aromatic amines is 1. The van der Waals surface area contributed by atoms with E-state index in [1.165, 1.54) is 12.8 Å². The van der Waals surface area contributed by atoms with Gasteiger partial charge in [-0.3, -0.25) is 4.57 Å². The van der Waals surface area contributed by atoms with Crippen molar-refractivity contribution in [3.8, 4) is 0 Å². The predicted octanol–water partition coefficient (Wildman–Crippen LogP) is 1.15. The standard InChI is InChI=1S/C12H20N4O/c17-12-15-14-11(9-5-7-13-8-6-9)16(12)10-3-1-2-4-10/h9-10,13H,1-8H2,(H,15,17). The molecular formula is C12H20N4O. The van der Waals surface area contributed by atoms with Crippen molar-refractivity contribution in [1.29, 1.82) is 0 Å². The first-order valence-corrected chi connectivity index (χ1v) is 6.74. The molecule has 1 saturated carbocycles. The Kier molecular flexibility index (Phi) is 3.01. The first-order valence-electron chi connectivity index (χ1n) is 6.74. The van der Waals surface area contributed by atoms with E-state index >= 15 is 0 Å². The lowest BCUT2D eigenvalue weighted by Gasteiger charge is -2.23. The van der Waals surface area contributed by atoms with Gasteiger partial charge >= 0.3 is 5.69 Å². The van der Waals surface area contributed by atoms with Gasteiger partial charge in [0.15, 0.2) is 0 Å². The summed E-state index contributed by atoms with van der Waals surface area (Å²) in [6.45, 7) is 2.08. The summed E-state index contributed by atoms with van der Waals surface area (Å²) < 4.78 is 1.95. The molecule has 5 heteroatoms. The minimum absolute atomic E-state index is 0.00886. The Bertz CT molecular complexity index is 424. The number of H-pyrrole nitrogens is 1. The van der Waals surface area contributed by atoms with E-state index in [0.29, 0.717) is 12.0 Å². The van der Waals surface area contributed by atoms with E-state index in [0.717, 1.165) is 44.6 Å². The molecule has 1 aromatic rings. The lowest BCUT2D eigenvalue weighted by atomic mass is 9.97. The number of hydrogen-bond acceptors (Lipinski definition) is 3. The van der Waals surface area contributed by atoms with E-state index in [9.17, 15) is 4.79 Å². The number of piperidine rings is 1.